The third-order valence-electron chi connectivity index (χ3n) is 5.40. The lowest BCUT2D eigenvalue weighted by atomic mass is 9.92. The van der Waals surface area contributed by atoms with E-state index in [4.69, 9.17) is 32.7 Å². The van der Waals surface area contributed by atoms with Gasteiger partial charge >= 0.3 is 0 Å². The predicted molar refractivity (Wildman–Crippen MR) is 132 cm³/mol. The van der Waals surface area contributed by atoms with E-state index >= 15 is 0 Å². The van der Waals surface area contributed by atoms with Gasteiger partial charge in [-0.3, -0.25) is 10.2 Å². The molecule has 1 amide bonds. The highest BCUT2D eigenvalue weighted by Crippen LogP contribution is 2.24. The van der Waals surface area contributed by atoms with Crippen LogP contribution in [0, 0.1) is 17.6 Å². The Morgan fingerprint density at radius 1 is 1.06 bits per heavy atom. The van der Waals surface area contributed by atoms with Crippen molar-refractivity contribution in [3.63, 3.8) is 0 Å². The number of aliphatic hydroxyl groups excluding tert-OH is 1. The molecule has 0 saturated carbocycles. The van der Waals surface area contributed by atoms with Crippen molar-refractivity contribution >= 4 is 42.6 Å². The lowest BCUT2D eigenvalue weighted by Gasteiger charge is -2.32. The molecule has 1 saturated heterocycles. The maximum Gasteiger partial charge on any atom is 0.272 e. The fourth-order valence-corrected chi connectivity index (χ4v) is 3.76. The Morgan fingerprint density at radius 2 is 1.62 bits per heavy atom. The summed E-state index contributed by atoms with van der Waals surface area (Å²) in [5, 5.41) is 12.0. The van der Waals surface area contributed by atoms with Gasteiger partial charge in [-0.25, -0.2) is 13.8 Å². The van der Waals surface area contributed by atoms with Crippen LogP contribution in [0.2, 0.25) is 10.0 Å². The molecule has 1 atom stereocenters. The van der Waals surface area contributed by atoms with Gasteiger partial charge in [0.25, 0.3) is 5.91 Å². The van der Waals surface area contributed by atoms with Crippen LogP contribution in [0.15, 0.2) is 36.4 Å². The summed E-state index contributed by atoms with van der Waals surface area (Å²) in [6.07, 6.45) is 2.49. The number of hydrazine groups is 1. The van der Waals surface area contributed by atoms with E-state index in [0.717, 1.165) is 25.3 Å². The number of carbonyl (C=O) groups excluding carboxylic acids is 1. The topological polar surface area (TPSA) is 71.0 Å². The molecule has 2 aromatic rings. The number of carbonyl (C=O) groups is 1. The molecule has 34 heavy (non-hydrogen) atoms. The first-order valence-corrected chi connectivity index (χ1v) is 11.4. The summed E-state index contributed by atoms with van der Waals surface area (Å²) in [6, 6.07) is 8.16. The summed E-state index contributed by atoms with van der Waals surface area (Å²) < 4.78 is 37.6. The van der Waals surface area contributed by atoms with Gasteiger partial charge in [-0.15, -0.1) is 0 Å². The number of piperidine rings is 1. The molecule has 0 spiro atoms. The lowest BCUT2D eigenvalue weighted by Crippen LogP contribution is -2.48. The number of rotatable bonds is 10. The zero-order chi connectivity index (χ0) is 23.8. The van der Waals surface area contributed by atoms with E-state index in [9.17, 15) is 18.7 Å². The van der Waals surface area contributed by atoms with Gasteiger partial charge in [-0.1, -0.05) is 23.2 Å². The number of amides is 1. The van der Waals surface area contributed by atoms with Crippen molar-refractivity contribution < 1.29 is 28.2 Å². The SMILES string of the molecule is O=C(COc1ccc(Cl)c(F)c1)NN1CCC(CC[C@H](O)COc2ccc(Cl)c(F)c2)CC1.S. The Hall–Kier alpha value is -1.78. The minimum absolute atomic E-state index is 0. The maximum atomic E-state index is 13.4. The molecule has 0 aromatic heterocycles. The summed E-state index contributed by atoms with van der Waals surface area (Å²) in [4.78, 5) is 12.1. The molecule has 0 aliphatic carbocycles. The van der Waals surface area contributed by atoms with Crippen molar-refractivity contribution in [2.45, 2.75) is 31.8 Å². The highest BCUT2D eigenvalue weighted by Gasteiger charge is 2.21. The van der Waals surface area contributed by atoms with Crippen LogP contribution in [0.4, 0.5) is 8.78 Å². The second-order valence-electron chi connectivity index (χ2n) is 7.95. The summed E-state index contributed by atoms with van der Waals surface area (Å²) in [5.41, 5.74) is 2.79. The fourth-order valence-electron chi connectivity index (χ4n) is 3.53. The lowest BCUT2D eigenvalue weighted by molar-refractivity contribution is -0.128. The second-order valence-corrected chi connectivity index (χ2v) is 8.76. The monoisotopic (exact) mass is 536 g/mol. The number of aliphatic hydroxyl groups is 1. The van der Waals surface area contributed by atoms with Gasteiger partial charge in [-0.2, -0.15) is 13.5 Å². The van der Waals surface area contributed by atoms with E-state index in [0.29, 0.717) is 31.2 Å². The third kappa shape index (κ3) is 9.11. The van der Waals surface area contributed by atoms with Crippen LogP contribution in [0.1, 0.15) is 25.7 Å². The smallest absolute Gasteiger partial charge is 0.272 e. The van der Waals surface area contributed by atoms with Crippen LogP contribution in [0.5, 0.6) is 11.5 Å². The standard InChI is InChI=1S/C23H26Cl2F2N2O4.H2S/c24-19-5-3-17(11-21(19)26)32-13-16(30)2-1-15-7-9-29(10-8-15)28-23(31)14-33-18-4-6-20(25)22(27)12-18;/h3-6,11-12,15-16,30H,1-2,7-10,13-14H2,(H,28,31);1H2/t16-;/m0./s1. The molecule has 0 bridgehead atoms. The van der Waals surface area contributed by atoms with E-state index < -0.39 is 17.7 Å². The average molecular weight is 537 g/mol. The van der Waals surface area contributed by atoms with Gasteiger partial charge in [0.05, 0.1) is 16.1 Å². The van der Waals surface area contributed by atoms with E-state index in [1.54, 1.807) is 6.07 Å². The van der Waals surface area contributed by atoms with E-state index in [1.165, 1.54) is 24.3 Å². The number of nitrogens with one attached hydrogen (secondary N) is 1. The minimum atomic E-state index is -0.656. The summed E-state index contributed by atoms with van der Waals surface area (Å²) in [5.74, 6) is -0.510. The molecule has 6 nitrogen and oxygen atoms in total. The Morgan fingerprint density at radius 3 is 2.18 bits per heavy atom. The van der Waals surface area contributed by atoms with Crippen molar-refractivity contribution in [2.75, 3.05) is 26.3 Å². The molecule has 1 heterocycles. The zero-order valence-electron chi connectivity index (χ0n) is 18.4. The van der Waals surface area contributed by atoms with Gasteiger partial charge in [0.2, 0.25) is 0 Å². The molecule has 188 valence electrons. The molecule has 1 fully saturated rings. The van der Waals surface area contributed by atoms with E-state index in [-0.39, 0.29) is 48.4 Å². The maximum absolute atomic E-state index is 13.4. The first-order valence-electron chi connectivity index (χ1n) is 10.7. The summed E-state index contributed by atoms with van der Waals surface area (Å²) in [6.45, 7) is 1.21. The van der Waals surface area contributed by atoms with Crippen LogP contribution in [0.25, 0.3) is 0 Å². The van der Waals surface area contributed by atoms with Crippen molar-refractivity contribution in [1.29, 1.82) is 0 Å². The van der Waals surface area contributed by atoms with Crippen LogP contribution in [-0.2, 0) is 4.79 Å². The molecular weight excluding hydrogens is 509 g/mol. The van der Waals surface area contributed by atoms with Gasteiger partial charge in [0, 0.05) is 25.2 Å². The van der Waals surface area contributed by atoms with Crippen molar-refractivity contribution in [1.82, 2.24) is 10.4 Å². The predicted octanol–water partition coefficient (Wildman–Crippen LogP) is 4.73. The van der Waals surface area contributed by atoms with Crippen LogP contribution >= 0.6 is 36.7 Å². The summed E-state index contributed by atoms with van der Waals surface area (Å²) >= 11 is 11.3. The first-order chi connectivity index (χ1) is 15.8. The molecule has 1 aliphatic heterocycles. The Labute approximate surface area is 214 Å². The third-order valence-corrected chi connectivity index (χ3v) is 6.01. The zero-order valence-corrected chi connectivity index (χ0v) is 20.9. The highest BCUT2D eigenvalue weighted by atomic mass is 35.5. The number of hydrogen-bond donors (Lipinski definition) is 2. The molecule has 3 rings (SSSR count). The Balaban J connectivity index is 0.00000408. The minimum Gasteiger partial charge on any atom is -0.491 e. The quantitative estimate of drug-likeness (QED) is 0.459. The van der Waals surface area contributed by atoms with Crippen LogP contribution < -0.4 is 14.9 Å². The second kappa shape index (κ2) is 13.9. The van der Waals surface area contributed by atoms with Gasteiger partial charge in [-0.05, 0) is 55.9 Å². The molecule has 11 heteroatoms. The van der Waals surface area contributed by atoms with Crippen molar-refractivity contribution in [3.05, 3.63) is 58.1 Å². The number of nitrogens with zero attached hydrogens (tertiary/aromatic N) is 1. The van der Waals surface area contributed by atoms with E-state index in [2.05, 4.69) is 5.43 Å². The number of ether oxygens (including phenoxy) is 2. The van der Waals surface area contributed by atoms with Crippen molar-refractivity contribution in [3.8, 4) is 11.5 Å². The normalized spacial score (nSPS) is 15.3. The van der Waals surface area contributed by atoms with E-state index in [1.807, 2.05) is 5.01 Å². The van der Waals surface area contributed by atoms with Crippen LogP contribution in [0.3, 0.4) is 0 Å². The molecule has 0 unspecified atom stereocenters. The van der Waals surface area contributed by atoms with Gasteiger partial charge in [0.1, 0.15) is 29.7 Å². The highest BCUT2D eigenvalue weighted by molar-refractivity contribution is 7.59. The number of halogens is 4. The molecular formula is C23H28Cl2F2N2O4S. The average Bonchev–Trinajstić information content (AvgIpc) is 2.80. The largest absolute Gasteiger partial charge is 0.491 e. The van der Waals surface area contributed by atoms with Crippen molar-refractivity contribution in [2.24, 2.45) is 5.92 Å². The number of benzene rings is 2. The van der Waals surface area contributed by atoms with Gasteiger partial charge < -0.3 is 14.6 Å². The Bertz CT molecular complexity index is 949. The molecule has 0 radical (unpaired) electrons. The molecule has 2 aromatic carbocycles. The molecule has 2 N–H and O–H groups in total. The first kappa shape index (κ1) is 28.5. The fraction of sp³-hybridized carbons (Fsp3) is 0.435. The number of hydrogen-bond acceptors (Lipinski definition) is 5. The van der Waals surface area contributed by atoms with Crippen LogP contribution in [-0.4, -0.2) is 48.4 Å². The Kier molecular flexibility index (Phi) is 11.7. The van der Waals surface area contributed by atoms with Gasteiger partial charge in [0.15, 0.2) is 6.61 Å². The summed E-state index contributed by atoms with van der Waals surface area (Å²) in [7, 11) is 0. The molecule has 1 aliphatic rings.